The summed E-state index contributed by atoms with van der Waals surface area (Å²) in [6.45, 7) is 0. The van der Waals surface area contributed by atoms with Crippen LogP contribution in [0.3, 0.4) is 0 Å². The minimum Gasteiger partial charge on any atom is -0.490 e. The van der Waals surface area contributed by atoms with Gasteiger partial charge >= 0.3 is 13.6 Å². The maximum Gasteiger partial charge on any atom is 0.383 e. The van der Waals surface area contributed by atoms with Gasteiger partial charge in [0.1, 0.15) is 0 Å². The van der Waals surface area contributed by atoms with E-state index in [-0.39, 0.29) is 17.3 Å². The molecule has 0 bridgehead atoms. The van der Waals surface area contributed by atoms with E-state index in [4.69, 9.17) is 34.9 Å². The predicted molar refractivity (Wildman–Crippen MR) is 66.5 cm³/mol. The van der Waals surface area contributed by atoms with E-state index >= 15 is 0 Å². The van der Waals surface area contributed by atoms with Crippen LogP contribution in [0.4, 0.5) is 0 Å². The van der Waals surface area contributed by atoms with E-state index in [0.717, 1.165) is 0 Å². The zero-order valence-electron chi connectivity index (χ0n) is 10.8. The SMILES string of the molecule is COC1=C(OC)/C(=C/C(Cl)P(=O)(OC)OC)OC1=O. The summed E-state index contributed by atoms with van der Waals surface area (Å²) in [4.78, 5) is 11.5. The number of methoxy groups -OCH3 is 2. The summed E-state index contributed by atoms with van der Waals surface area (Å²) in [5.74, 6) is -0.753. The minimum atomic E-state index is -3.53. The Bertz CT molecular complexity index is 462. The second kappa shape index (κ2) is 6.43. The molecular formula is C10H14ClO7P. The van der Waals surface area contributed by atoms with Crippen LogP contribution in [0.15, 0.2) is 23.4 Å². The predicted octanol–water partition coefficient (Wildman–Crippen LogP) is 1.98. The number of allylic oxidation sites excluding steroid dienone is 1. The lowest BCUT2D eigenvalue weighted by atomic mass is 10.3. The van der Waals surface area contributed by atoms with Crippen molar-refractivity contribution >= 4 is 25.2 Å². The van der Waals surface area contributed by atoms with E-state index in [0.29, 0.717) is 0 Å². The molecule has 0 saturated heterocycles. The molecular weight excluding hydrogens is 299 g/mol. The van der Waals surface area contributed by atoms with Gasteiger partial charge in [0.2, 0.25) is 5.76 Å². The number of carbonyl (C=O) groups is 1. The Hall–Kier alpha value is -1.01. The van der Waals surface area contributed by atoms with Crippen molar-refractivity contribution in [2.24, 2.45) is 0 Å². The van der Waals surface area contributed by atoms with Gasteiger partial charge < -0.3 is 23.3 Å². The van der Waals surface area contributed by atoms with Crippen molar-refractivity contribution in [3.05, 3.63) is 23.4 Å². The zero-order chi connectivity index (χ0) is 14.6. The van der Waals surface area contributed by atoms with Crippen LogP contribution >= 0.6 is 19.2 Å². The van der Waals surface area contributed by atoms with E-state index in [9.17, 15) is 9.36 Å². The highest BCUT2D eigenvalue weighted by Crippen LogP contribution is 2.54. The molecule has 9 heteroatoms. The summed E-state index contributed by atoms with van der Waals surface area (Å²) in [6, 6.07) is 0. The second-order valence-electron chi connectivity index (χ2n) is 3.26. The van der Waals surface area contributed by atoms with Gasteiger partial charge in [-0.15, -0.1) is 11.6 Å². The van der Waals surface area contributed by atoms with Gasteiger partial charge in [-0.3, -0.25) is 4.57 Å². The van der Waals surface area contributed by atoms with Crippen molar-refractivity contribution in [3.8, 4) is 0 Å². The standard InChI is InChI=1S/C10H14ClO7P/c1-14-8-6(18-10(12)9(8)15-2)5-7(11)19(13,16-3)17-4/h5,7H,1-4H3/b6-5-. The Morgan fingerprint density at radius 2 is 1.68 bits per heavy atom. The molecule has 1 unspecified atom stereocenters. The van der Waals surface area contributed by atoms with Gasteiger partial charge in [0.25, 0.3) is 5.76 Å². The van der Waals surface area contributed by atoms with Crippen LogP contribution in [0.5, 0.6) is 0 Å². The number of halogens is 1. The molecule has 0 amide bonds. The van der Waals surface area contributed by atoms with Crippen LogP contribution in [-0.2, 0) is 32.6 Å². The maximum atomic E-state index is 12.0. The normalized spacial score (nSPS) is 19.6. The molecule has 0 spiro atoms. The van der Waals surface area contributed by atoms with Crippen molar-refractivity contribution in [3.63, 3.8) is 0 Å². The summed E-state index contributed by atoms with van der Waals surface area (Å²) in [7, 11) is 1.50. The number of carbonyl (C=O) groups excluding carboxylic acids is 1. The monoisotopic (exact) mass is 312 g/mol. The van der Waals surface area contributed by atoms with Crippen molar-refractivity contribution in [1.82, 2.24) is 0 Å². The quantitative estimate of drug-likeness (QED) is 0.421. The van der Waals surface area contributed by atoms with E-state index in [2.05, 4.69) is 0 Å². The molecule has 0 saturated carbocycles. The summed E-state index contributed by atoms with van der Waals surface area (Å²) < 4.78 is 36.2. The van der Waals surface area contributed by atoms with Gasteiger partial charge in [-0.1, -0.05) is 0 Å². The van der Waals surface area contributed by atoms with Crippen LogP contribution in [-0.4, -0.2) is 39.5 Å². The fourth-order valence-electron chi connectivity index (χ4n) is 1.37. The molecule has 7 nitrogen and oxygen atoms in total. The highest BCUT2D eigenvalue weighted by atomic mass is 35.5. The van der Waals surface area contributed by atoms with Gasteiger partial charge in [0.05, 0.1) is 14.2 Å². The topological polar surface area (TPSA) is 80.3 Å². The van der Waals surface area contributed by atoms with Crippen molar-refractivity contribution in [1.29, 1.82) is 0 Å². The first kappa shape index (κ1) is 16.0. The molecule has 108 valence electrons. The number of hydrogen-bond acceptors (Lipinski definition) is 7. The largest absolute Gasteiger partial charge is 0.490 e. The van der Waals surface area contributed by atoms with Crippen LogP contribution < -0.4 is 0 Å². The third-order valence-corrected chi connectivity index (χ3v) is 4.94. The molecule has 0 aromatic heterocycles. The number of hydrogen-bond donors (Lipinski definition) is 0. The number of esters is 1. The van der Waals surface area contributed by atoms with Crippen LogP contribution in [0.2, 0.25) is 0 Å². The van der Waals surface area contributed by atoms with Crippen molar-refractivity contribution in [2.45, 2.75) is 5.12 Å². The Morgan fingerprint density at radius 1 is 1.16 bits per heavy atom. The Labute approximate surface area is 115 Å². The van der Waals surface area contributed by atoms with E-state index in [1.54, 1.807) is 0 Å². The molecule has 0 aromatic carbocycles. The average Bonchev–Trinajstić information content (AvgIpc) is 2.72. The van der Waals surface area contributed by atoms with Gasteiger partial charge in [0.15, 0.2) is 10.9 Å². The lowest BCUT2D eigenvalue weighted by molar-refractivity contribution is -0.136. The molecule has 0 N–H and O–H groups in total. The van der Waals surface area contributed by atoms with E-state index < -0.39 is 18.7 Å². The highest BCUT2D eigenvalue weighted by Gasteiger charge is 2.37. The first-order valence-corrected chi connectivity index (χ1v) is 7.10. The molecule has 1 heterocycles. The molecule has 0 aromatic rings. The van der Waals surface area contributed by atoms with Gasteiger partial charge in [0, 0.05) is 14.2 Å². The maximum absolute atomic E-state index is 12.0. The highest BCUT2D eigenvalue weighted by molar-refractivity contribution is 7.56. The smallest absolute Gasteiger partial charge is 0.383 e. The van der Waals surface area contributed by atoms with E-state index in [1.165, 1.54) is 34.5 Å². The Balaban J connectivity index is 3.11. The van der Waals surface area contributed by atoms with Crippen LogP contribution in [0.25, 0.3) is 0 Å². The fourth-order valence-corrected chi connectivity index (χ4v) is 2.83. The molecule has 1 rings (SSSR count). The number of alkyl halides is 1. The molecule has 1 aliphatic heterocycles. The van der Waals surface area contributed by atoms with Gasteiger partial charge in [-0.05, 0) is 6.08 Å². The fraction of sp³-hybridized carbons (Fsp3) is 0.500. The second-order valence-corrected chi connectivity index (χ2v) is 6.41. The molecule has 0 radical (unpaired) electrons. The first-order valence-electron chi connectivity index (χ1n) is 5.05. The van der Waals surface area contributed by atoms with E-state index in [1.807, 2.05) is 0 Å². The molecule has 19 heavy (non-hydrogen) atoms. The third kappa shape index (κ3) is 3.12. The third-order valence-electron chi connectivity index (χ3n) is 2.33. The summed E-state index contributed by atoms with van der Waals surface area (Å²) in [5, 5.41) is -1.15. The summed E-state index contributed by atoms with van der Waals surface area (Å²) in [6.07, 6.45) is 1.21. The summed E-state index contributed by atoms with van der Waals surface area (Å²) in [5.41, 5.74) is 0. The average molecular weight is 313 g/mol. The molecule has 1 aliphatic rings. The Kier molecular flexibility index (Phi) is 5.43. The number of rotatable bonds is 6. The van der Waals surface area contributed by atoms with Crippen molar-refractivity contribution in [2.75, 3.05) is 28.4 Å². The first-order chi connectivity index (χ1) is 8.93. The lowest BCUT2D eigenvalue weighted by Crippen LogP contribution is -2.04. The van der Waals surface area contributed by atoms with Crippen LogP contribution in [0, 0.1) is 0 Å². The Morgan fingerprint density at radius 3 is 2.11 bits per heavy atom. The van der Waals surface area contributed by atoms with Gasteiger partial charge in [-0.25, -0.2) is 4.79 Å². The zero-order valence-corrected chi connectivity index (χ0v) is 12.5. The van der Waals surface area contributed by atoms with Crippen LogP contribution in [0.1, 0.15) is 0 Å². The molecule has 0 fully saturated rings. The molecule has 0 aliphatic carbocycles. The summed E-state index contributed by atoms with van der Waals surface area (Å²) >= 11 is 5.93. The number of ether oxygens (including phenoxy) is 3. The minimum absolute atomic E-state index is 0.00123. The van der Waals surface area contributed by atoms with Crippen molar-refractivity contribution < 1.29 is 32.6 Å². The molecule has 1 atom stereocenters. The lowest BCUT2D eigenvalue weighted by Gasteiger charge is -2.16. The van der Waals surface area contributed by atoms with Gasteiger partial charge in [-0.2, -0.15) is 0 Å². The number of cyclic esters (lactones) is 1.